The van der Waals surface area contributed by atoms with Gasteiger partial charge in [-0.2, -0.15) is 0 Å². The van der Waals surface area contributed by atoms with Crippen molar-refractivity contribution < 1.29 is 14.4 Å². The summed E-state index contributed by atoms with van der Waals surface area (Å²) < 4.78 is 0. The molecular formula is C24H29N5O3. The summed E-state index contributed by atoms with van der Waals surface area (Å²) in [5.41, 5.74) is 3.03. The minimum atomic E-state index is -0.347. The van der Waals surface area contributed by atoms with E-state index in [-0.39, 0.29) is 23.9 Å². The van der Waals surface area contributed by atoms with Crippen LogP contribution in [0.1, 0.15) is 18.4 Å². The van der Waals surface area contributed by atoms with Crippen molar-refractivity contribution in [1.82, 2.24) is 10.2 Å². The Morgan fingerprint density at radius 3 is 2.12 bits per heavy atom. The molecule has 1 unspecified atom stereocenters. The van der Waals surface area contributed by atoms with Crippen LogP contribution in [-0.2, 0) is 4.79 Å². The molecule has 3 rings (SSSR count). The van der Waals surface area contributed by atoms with Gasteiger partial charge in [-0.05, 0) is 56.2 Å². The molecule has 4 N–H and O–H groups in total. The molecule has 8 heteroatoms. The van der Waals surface area contributed by atoms with Gasteiger partial charge in [-0.25, -0.2) is 9.59 Å². The number of nitrogens with one attached hydrogen (secondary N) is 4. The van der Waals surface area contributed by atoms with Gasteiger partial charge < -0.3 is 26.2 Å². The summed E-state index contributed by atoms with van der Waals surface area (Å²) in [5, 5.41) is 11.2. The van der Waals surface area contributed by atoms with Gasteiger partial charge in [-0.1, -0.05) is 23.8 Å². The lowest BCUT2D eigenvalue weighted by atomic mass is 9.97. The number of urea groups is 2. The van der Waals surface area contributed by atoms with Crippen LogP contribution in [-0.4, -0.2) is 42.5 Å². The molecular weight excluding hydrogens is 406 g/mol. The molecule has 8 nitrogen and oxygen atoms in total. The highest BCUT2D eigenvalue weighted by atomic mass is 16.2. The molecule has 0 spiro atoms. The number of carbonyl (C=O) groups is 3. The molecule has 0 aliphatic carbocycles. The van der Waals surface area contributed by atoms with Crippen molar-refractivity contribution in [2.45, 2.75) is 19.8 Å². The first kappa shape index (κ1) is 22.9. The molecule has 1 heterocycles. The van der Waals surface area contributed by atoms with Crippen molar-refractivity contribution in [3.8, 4) is 0 Å². The van der Waals surface area contributed by atoms with Gasteiger partial charge in [0.25, 0.3) is 0 Å². The fraction of sp³-hybridized carbons (Fsp3) is 0.292. The Hall–Kier alpha value is -3.81. The number of hydrogen-bond donors (Lipinski definition) is 4. The number of nitrogens with zero attached hydrogens (tertiary/aromatic N) is 1. The number of likely N-dealkylation sites (tertiary alicyclic amines) is 1. The predicted molar refractivity (Wildman–Crippen MR) is 127 cm³/mol. The van der Waals surface area contributed by atoms with Gasteiger partial charge >= 0.3 is 12.1 Å². The lowest BCUT2D eigenvalue weighted by Gasteiger charge is -2.32. The second kappa shape index (κ2) is 11.0. The molecule has 168 valence electrons. The fourth-order valence-electron chi connectivity index (χ4n) is 3.46. The molecule has 5 amide bonds. The normalized spacial score (nSPS) is 15.4. The number of rotatable bonds is 6. The molecule has 1 atom stereocenters. The Labute approximate surface area is 188 Å². The summed E-state index contributed by atoms with van der Waals surface area (Å²) in [5.74, 6) is -0.269. The predicted octanol–water partition coefficient (Wildman–Crippen LogP) is 4.19. The van der Waals surface area contributed by atoms with Crippen molar-refractivity contribution in [2.75, 3.05) is 35.6 Å². The van der Waals surface area contributed by atoms with E-state index in [2.05, 4.69) is 27.8 Å². The second-order valence-corrected chi connectivity index (χ2v) is 7.77. The Morgan fingerprint density at radius 2 is 1.53 bits per heavy atom. The quantitative estimate of drug-likeness (QED) is 0.512. The van der Waals surface area contributed by atoms with Gasteiger partial charge in [0.05, 0.1) is 5.92 Å². The third-order valence-corrected chi connectivity index (χ3v) is 5.20. The van der Waals surface area contributed by atoms with Crippen LogP contribution in [0.2, 0.25) is 0 Å². The molecule has 32 heavy (non-hydrogen) atoms. The summed E-state index contributed by atoms with van der Waals surface area (Å²) in [6.45, 7) is 6.99. The summed E-state index contributed by atoms with van der Waals surface area (Å²) in [4.78, 5) is 38.6. The van der Waals surface area contributed by atoms with Gasteiger partial charge in [-0.3, -0.25) is 4.79 Å². The topological polar surface area (TPSA) is 103 Å². The lowest BCUT2D eigenvalue weighted by Crippen LogP contribution is -2.46. The van der Waals surface area contributed by atoms with Crippen LogP contribution in [0.15, 0.2) is 61.2 Å². The number of piperidine rings is 1. The fourth-order valence-corrected chi connectivity index (χ4v) is 3.46. The van der Waals surface area contributed by atoms with Crippen LogP contribution in [0, 0.1) is 12.8 Å². The van der Waals surface area contributed by atoms with Crippen molar-refractivity contribution in [3.63, 3.8) is 0 Å². The minimum Gasteiger partial charge on any atom is -0.352 e. The molecule has 1 fully saturated rings. The van der Waals surface area contributed by atoms with E-state index < -0.39 is 0 Å². The van der Waals surface area contributed by atoms with Crippen LogP contribution >= 0.6 is 0 Å². The van der Waals surface area contributed by atoms with Crippen LogP contribution < -0.4 is 21.3 Å². The maximum atomic E-state index is 12.6. The van der Waals surface area contributed by atoms with Crippen molar-refractivity contribution in [2.24, 2.45) is 5.92 Å². The summed E-state index contributed by atoms with van der Waals surface area (Å²) in [6, 6.07) is 13.8. The van der Waals surface area contributed by atoms with E-state index in [1.165, 1.54) is 0 Å². The highest BCUT2D eigenvalue weighted by Gasteiger charge is 2.28. The zero-order valence-electron chi connectivity index (χ0n) is 18.2. The zero-order valence-corrected chi connectivity index (χ0v) is 18.2. The molecule has 1 saturated heterocycles. The monoisotopic (exact) mass is 435 g/mol. The first-order valence-electron chi connectivity index (χ1n) is 10.6. The van der Waals surface area contributed by atoms with Gasteiger partial charge in [0, 0.05) is 36.7 Å². The molecule has 0 aromatic heterocycles. The number of anilines is 3. The lowest BCUT2D eigenvalue weighted by molar-refractivity contribution is -0.126. The van der Waals surface area contributed by atoms with Crippen LogP contribution in [0.25, 0.3) is 0 Å². The van der Waals surface area contributed by atoms with Crippen LogP contribution in [0.3, 0.4) is 0 Å². The van der Waals surface area contributed by atoms with Gasteiger partial charge in [0.1, 0.15) is 0 Å². The average Bonchev–Trinajstić information content (AvgIpc) is 2.80. The van der Waals surface area contributed by atoms with Crippen LogP contribution in [0.4, 0.5) is 26.7 Å². The molecule has 1 aliphatic rings. The van der Waals surface area contributed by atoms with E-state index in [0.717, 1.165) is 18.4 Å². The summed E-state index contributed by atoms with van der Waals surface area (Å²) in [7, 11) is 0. The van der Waals surface area contributed by atoms with E-state index in [1.807, 2.05) is 31.2 Å². The van der Waals surface area contributed by atoms with E-state index >= 15 is 0 Å². The number of carbonyl (C=O) groups excluding carboxylic acids is 3. The third kappa shape index (κ3) is 6.60. The largest absolute Gasteiger partial charge is 0.352 e. The third-order valence-electron chi connectivity index (χ3n) is 5.20. The highest BCUT2D eigenvalue weighted by Crippen LogP contribution is 2.19. The number of aryl methyl sites for hydroxylation is 1. The Morgan fingerprint density at radius 1 is 0.969 bits per heavy atom. The maximum absolute atomic E-state index is 12.6. The average molecular weight is 436 g/mol. The van der Waals surface area contributed by atoms with E-state index in [0.29, 0.717) is 36.7 Å². The molecule has 0 radical (unpaired) electrons. The van der Waals surface area contributed by atoms with Crippen molar-refractivity contribution in [3.05, 3.63) is 66.7 Å². The first-order chi connectivity index (χ1) is 15.4. The van der Waals surface area contributed by atoms with Crippen LogP contribution in [0.5, 0.6) is 0 Å². The standard InChI is InChI=1S/C24H29N5O3/c1-3-14-25-22(30)18-5-4-15-29(16-18)24(32)28-21-12-10-20(11-13-21)27-23(31)26-19-8-6-17(2)7-9-19/h3,6-13,18H,1,4-5,14-16H2,2H3,(H,25,30)(H,28,32)(H2,26,27,31). The molecule has 0 saturated carbocycles. The molecule has 2 aromatic rings. The molecule has 2 aromatic carbocycles. The van der Waals surface area contributed by atoms with Crippen molar-refractivity contribution in [1.29, 1.82) is 0 Å². The summed E-state index contributed by atoms with van der Waals surface area (Å²) >= 11 is 0. The van der Waals surface area contributed by atoms with E-state index in [9.17, 15) is 14.4 Å². The minimum absolute atomic E-state index is 0.0539. The van der Waals surface area contributed by atoms with Crippen molar-refractivity contribution >= 4 is 35.0 Å². The van der Waals surface area contributed by atoms with Gasteiger partial charge in [0.15, 0.2) is 0 Å². The van der Waals surface area contributed by atoms with E-state index in [4.69, 9.17) is 0 Å². The van der Waals surface area contributed by atoms with Gasteiger partial charge in [0.2, 0.25) is 5.91 Å². The maximum Gasteiger partial charge on any atom is 0.323 e. The number of benzene rings is 2. The van der Waals surface area contributed by atoms with Gasteiger partial charge in [-0.15, -0.1) is 6.58 Å². The molecule has 0 bridgehead atoms. The first-order valence-corrected chi connectivity index (χ1v) is 10.6. The van der Waals surface area contributed by atoms with E-state index in [1.54, 1.807) is 35.2 Å². The smallest absolute Gasteiger partial charge is 0.323 e. The zero-order chi connectivity index (χ0) is 22.9. The SMILES string of the molecule is C=CCNC(=O)C1CCCN(C(=O)Nc2ccc(NC(=O)Nc3ccc(C)cc3)cc2)C1. The highest BCUT2D eigenvalue weighted by molar-refractivity contribution is 6.00. The summed E-state index contributed by atoms with van der Waals surface area (Å²) in [6.07, 6.45) is 3.17. The Balaban J connectivity index is 1.49. The molecule has 1 aliphatic heterocycles. The number of amides is 5. The Kier molecular flexibility index (Phi) is 7.85. The Bertz CT molecular complexity index is 957. The number of hydrogen-bond acceptors (Lipinski definition) is 3. The second-order valence-electron chi connectivity index (χ2n) is 7.77.